The first kappa shape index (κ1) is 25.7. The highest BCUT2D eigenvalue weighted by molar-refractivity contribution is 4.98. The minimum atomic E-state index is -8.53. The zero-order chi connectivity index (χ0) is 22.7. The third-order valence-corrected chi connectivity index (χ3v) is 2.33. The fourth-order valence-electron chi connectivity index (χ4n) is 1.39. The molecule has 0 aliphatic rings. The first-order chi connectivity index (χ1) is 11.2. The first-order valence-electron chi connectivity index (χ1n) is 5.24. The molecular weight excluding hydrogens is 454 g/mol. The normalized spacial score (nSPS) is 16.4. The summed E-state index contributed by atoms with van der Waals surface area (Å²) in [5.41, 5.74) is 0. The van der Waals surface area contributed by atoms with Crippen molar-refractivity contribution in [3.05, 3.63) is 0 Å². The van der Waals surface area contributed by atoms with Crippen LogP contribution in [0.2, 0.25) is 0 Å². The van der Waals surface area contributed by atoms with Crippen molar-refractivity contribution in [1.29, 1.82) is 0 Å². The summed E-state index contributed by atoms with van der Waals surface area (Å²) in [6.07, 6.45) is -30.7. The number of hydrogen-bond acceptors (Lipinski definition) is 2. The van der Waals surface area contributed by atoms with Gasteiger partial charge in [-0.1, -0.05) is 9.80 Å². The second kappa shape index (κ2) is 6.34. The van der Waals surface area contributed by atoms with Crippen molar-refractivity contribution in [2.75, 3.05) is 0 Å². The van der Waals surface area contributed by atoms with E-state index in [2.05, 4.69) is 0 Å². The predicted molar refractivity (Wildman–Crippen MR) is 42.7 cm³/mol. The number of rotatable bonds is 4. The molecule has 0 radical (unpaired) electrons. The van der Waals surface area contributed by atoms with Gasteiger partial charge in [-0.2, -0.15) is 79.0 Å². The lowest BCUT2D eigenvalue weighted by Gasteiger charge is -2.43. The molecule has 0 heterocycles. The van der Waals surface area contributed by atoms with Crippen molar-refractivity contribution >= 4 is 0 Å². The van der Waals surface area contributed by atoms with Crippen LogP contribution in [0.1, 0.15) is 0 Å². The molecule has 0 bridgehead atoms. The van der Waals surface area contributed by atoms with Crippen molar-refractivity contribution in [1.82, 2.24) is 9.80 Å². The Morgan fingerprint density at radius 3 is 0.556 bits per heavy atom. The van der Waals surface area contributed by atoms with Gasteiger partial charge in [-0.3, -0.25) is 0 Å². The molecule has 0 aliphatic heterocycles. The van der Waals surface area contributed by atoms with Crippen LogP contribution in [0.15, 0.2) is 0 Å². The summed E-state index contributed by atoms with van der Waals surface area (Å²) in [5.74, 6) is -8.53. The lowest BCUT2D eigenvalue weighted by molar-refractivity contribution is -0.522. The molecule has 0 fully saturated rings. The summed E-state index contributed by atoms with van der Waals surface area (Å²) in [6.45, 7) is 0. The molecule has 0 aromatic carbocycles. The molecular formula is C7F18N2. The van der Waals surface area contributed by atoms with Gasteiger partial charge in [0.05, 0.1) is 0 Å². The van der Waals surface area contributed by atoms with Gasteiger partial charge in [0.25, 0.3) is 0 Å². The van der Waals surface area contributed by atoms with Gasteiger partial charge >= 0.3 is 43.2 Å². The molecule has 164 valence electrons. The number of hydrogen-bond donors (Lipinski definition) is 0. The lowest BCUT2D eigenvalue weighted by Crippen LogP contribution is -2.74. The summed E-state index contributed by atoms with van der Waals surface area (Å²) in [5, 5.41) is 0. The van der Waals surface area contributed by atoms with Crippen molar-refractivity contribution in [2.24, 2.45) is 0 Å². The third-order valence-electron chi connectivity index (χ3n) is 2.33. The maximum absolute atomic E-state index is 13.0. The summed E-state index contributed by atoms with van der Waals surface area (Å²) in [4.78, 5) is -9.13. The van der Waals surface area contributed by atoms with E-state index in [9.17, 15) is 79.0 Å². The summed E-state index contributed by atoms with van der Waals surface area (Å²) in [6, 6.07) is -16.7. The molecule has 0 atom stereocenters. The standard InChI is InChI=1S/C7F18N2/c8-1(9,2(10,11)26(4(14,15)16)5(17,18)19)3(12,13)27(6(20,21)22)7(23,24)25. The van der Waals surface area contributed by atoms with Gasteiger partial charge in [-0.05, 0) is 0 Å². The predicted octanol–water partition coefficient (Wildman–Crippen LogP) is 5.49. The Bertz CT molecular complexity index is 444. The highest BCUT2D eigenvalue weighted by atomic mass is 19.4. The van der Waals surface area contributed by atoms with Crippen LogP contribution in [-0.4, -0.2) is 53.0 Å². The molecule has 0 amide bonds. The summed E-state index contributed by atoms with van der Waals surface area (Å²) >= 11 is 0. The number of alkyl halides is 18. The Hall–Kier alpha value is -1.34. The van der Waals surface area contributed by atoms with E-state index >= 15 is 0 Å². The molecule has 0 saturated carbocycles. The van der Waals surface area contributed by atoms with Gasteiger partial charge in [0.2, 0.25) is 0 Å². The minimum absolute atomic E-state index is 4.56. The molecule has 0 aromatic heterocycles. The number of halogens is 18. The Morgan fingerprint density at radius 1 is 0.296 bits per heavy atom. The van der Waals surface area contributed by atoms with Gasteiger partial charge in [0.1, 0.15) is 0 Å². The van der Waals surface area contributed by atoms with Gasteiger partial charge in [0, 0.05) is 0 Å². The van der Waals surface area contributed by atoms with Crippen LogP contribution in [0, 0.1) is 0 Å². The zero-order valence-electron chi connectivity index (χ0n) is 11.2. The van der Waals surface area contributed by atoms with Gasteiger partial charge in [-0.25, -0.2) is 0 Å². The van der Waals surface area contributed by atoms with Crippen molar-refractivity contribution in [3.8, 4) is 0 Å². The highest BCUT2D eigenvalue weighted by Crippen LogP contribution is 2.57. The fourth-order valence-corrected chi connectivity index (χ4v) is 1.39. The molecule has 27 heavy (non-hydrogen) atoms. The third kappa shape index (κ3) is 4.57. The van der Waals surface area contributed by atoms with Crippen molar-refractivity contribution < 1.29 is 79.0 Å². The van der Waals surface area contributed by atoms with Crippen LogP contribution in [0.4, 0.5) is 79.0 Å². The molecule has 0 N–H and O–H groups in total. The van der Waals surface area contributed by atoms with Crippen molar-refractivity contribution in [2.45, 2.75) is 43.2 Å². The second-order valence-electron chi connectivity index (χ2n) is 4.20. The van der Waals surface area contributed by atoms with Crippen LogP contribution in [0.3, 0.4) is 0 Å². The molecule has 0 rings (SSSR count). The molecule has 0 aliphatic carbocycles. The van der Waals surface area contributed by atoms with Crippen molar-refractivity contribution in [3.63, 3.8) is 0 Å². The van der Waals surface area contributed by atoms with E-state index in [4.69, 9.17) is 0 Å². The van der Waals surface area contributed by atoms with E-state index in [0.29, 0.717) is 0 Å². The molecule has 0 spiro atoms. The maximum atomic E-state index is 13.0. The van der Waals surface area contributed by atoms with Gasteiger partial charge in [0.15, 0.2) is 0 Å². The fraction of sp³-hybridized carbons (Fsp3) is 1.00. The van der Waals surface area contributed by atoms with Crippen LogP contribution >= 0.6 is 0 Å². The monoisotopic (exact) mass is 454 g/mol. The molecule has 0 saturated heterocycles. The van der Waals surface area contributed by atoms with Crippen LogP contribution < -0.4 is 0 Å². The van der Waals surface area contributed by atoms with E-state index in [-0.39, 0.29) is 0 Å². The smallest absolute Gasteiger partial charge is 0.189 e. The van der Waals surface area contributed by atoms with E-state index in [1.165, 1.54) is 0 Å². The van der Waals surface area contributed by atoms with Gasteiger partial charge < -0.3 is 0 Å². The number of nitrogens with zero attached hydrogens (tertiary/aromatic N) is 2. The zero-order valence-corrected chi connectivity index (χ0v) is 11.2. The van der Waals surface area contributed by atoms with Crippen LogP contribution in [0.5, 0.6) is 0 Å². The summed E-state index contributed by atoms with van der Waals surface area (Å²) < 4.78 is 222. The van der Waals surface area contributed by atoms with Crippen LogP contribution in [-0.2, 0) is 0 Å². The van der Waals surface area contributed by atoms with E-state index in [1.807, 2.05) is 0 Å². The minimum Gasteiger partial charge on any atom is -0.189 e. The Morgan fingerprint density at radius 2 is 0.444 bits per heavy atom. The van der Waals surface area contributed by atoms with E-state index < -0.39 is 53.0 Å². The molecule has 2 nitrogen and oxygen atoms in total. The van der Waals surface area contributed by atoms with Crippen LogP contribution in [0.25, 0.3) is 0 Å². The van der Waals surface area contributed by atoms with Gasteiger partial charge in [-0.15, -0.1) is 0 Å². The SMILES string of the molecule is FC(F)(F)N(C(F)(F)F)C(F)(F)C(F)(F)C(F)(F)N(C(F)(F)F)C(F)(F)F. The topological polar surface area (TPSA) is 6.48 Å². The average molecular weight is 454 g/mol. The highest BCUT2D eigenvalue weighted by Gasteiger charge is 2.87. The Balaban J connectivity index is 6.73. The molecule has 0 unspecified atom stereocenters. The average Bonchev–Trinajstić information content (AvgIpc) is 2.16. The van der Waals surface area contributed by atoms with E-state index in [1.54, 1.807) is 0 Å². The lowest BCUT2D eigenvalue weighted by atomic mass is 10.2. The second-order valence-corrected chi connectivity index (χ2v) is 4.20. The quantitative estimate of drug-likeness (QED) is 0.410. The Labute approximate surface area is 133 Å². The van der Waals surface area contributed by atoms with E-state index in [0.717, 1.165) is 0 Å². The molecule has 20 heteroatoms. The first-order valence-corrected chi connectivity index (χ1v) is 5.24. The summed E-state index contributed by atoms with van der Waals surface area (Å²) in [7, 11) is 0. The Kier molecular flexibility index (Phi) is 6.03. The maximum Gasteiger partial charge on any atom is 0.472 e. The largest absolute Gasteiger partial charge is 0.472 e. The molecule has 0 aromatic rings.